The van der Waals surface area contributed by atoms with Gasteiger partial charge < -0.3 is 15.6 Å². The lowest BCUT2D eigenvalue weighted by molar-refractivity contribution is 0.398. The first-order chi connectivity index (χ1) is 8.33. The second-order valence-electron chi connectivity index (χ2n) is 4.69. The molecule has 2 unspecified atom stereocenters. The third-order valence-electron chi connectivity index (χ3n) is 3.36. The van der Waals surface area contributed by atoms with E-state index in [-0.39, 0.29) is 0 Å². The predicted octanol–water partition coefficient (Wildman–Crippen LogP) is 1.51. The molecule has 5 heteroatoms. The Hall–Kier alpha value is -1.62. The lowest BCUT2D eigenvalue weighted by Crippen LogP contribution is -2.43. The molecule has 3 heterocycles. The molecule has 17 heavy (non-hydrogen) atoms. The summed E-state index contributed by atoms with van der Waals surface area (Å²) in [7, 11) is 0. The third kappa shape index (κ3) is 2.10. The molecule has 1 aliphatic rings. The summed E-state index contributed by atoms with van der Waals surface area (Å²) in [6.07, 6.45) is 5.88. The fourth-order valence-corrected chi connectivity index (χ4v) is 2.30. The quantitative estimate of drug-likeness (QED) is 0.733. The molecule has 0 aliphatic carbocycles. The van der Waals surface area contributed by atoms with Crippen molar-refractivity contribution in [2.24, 2.45) is 0 Å². The Labute approximate surface area is 100 Å². The van der Waals surface area contributed by atoms with Gasteiger partial charge in [0.05, 0.1) is 5.39 Å². The highest BCUT2D eigenvalue weighted by molar-refractivity contribution is 5.86. The summed E-state index contributed by atoms with van der Waals surface area (Å²) < 4.78 is 0. The van der Waals surface area contributed by atoms with Crippen LogP contribution in [0.3, 0.4) is 0 Å². The van der Waals surface area contributed by atoms with Crippen LogP contribution in [0.25, 0.3) is 11.0 Å². The van der Waals surface area contributed by atoms with Crippen LogP contribution in [-0.4, -0.2) is 33.6 Å². The lowest BCUT2D eigenvalue weighted by Gasteiger charge is -2.28. The van der Waals surface area contributed by atoms with Crippen molar-refractivity contribution in [1.29, 1.82) is 0 Å². The second-order valence-corrected chi connectivity index (χ2v) is 4.69. The van der Waals surface area contributed by atoms with Gasteiger partial charge in [0.1, 0.15) is 17.8 Å². The summed E-state index contributed by atoms with van der Waals surface area (Å²) in [6.45, 7) is 3.22. The SMILES string of the molecule is CC1CCC(Nc2ncnc3[nH]ccc23)CN1. The zero-order chi connectivity index (χ0) is 11.7. The van der Waals surface area contributed by atoms with E-state index in [1.54, 1.807) is 6.33 Å². The van der Waals surface area contributed by atoms with Crippen molar-refractivity contribution in [3.05, 3.63) is 18.6 Å². The molecule has 0 radical (unpaired) electrons. The van der Waals surface area contributed by atoms with E-state index >= 15 is 0 Å². The molecule has 0 spiro atoms. The molecule has 1 saturated heterocycles. The van der Waals surface area contributed by atoms with Crippen molar-refractivity contribution in [1.82, 2.24) is 20.3 Å². The van der Waals surface area contributed by atoms with E-state index in [2.05, 4.69) is 32.5 Å². The van der Waals surface area contributed by atoms with Gasteiger partial charge in [-0.1, -0.05) is 0 Å². The Morgan fingerprint density at radius 1 is 1.35 bits per heavy atom. The minimum atomic E-state index is 0.458. The summed E-state index contributed by atoms with van der Waals surface area (Å²) >= 11 is 0. The zero-order valence-corrected chi connectivity index (χ0v) is 9.90. The van der Waals surface area contributed by atoms with Gasteiger partial charge >= 0.3 is 0 Å². The first-order valence-corrected chi connectivity index (χ1v) is 6.11. The number of nitrogens with one attached hydrogen (secondary N) is 3. The number of fused-ring (bicyclic) bond motifs is 1. The van der Waals surface area contributed by atoms with E-state index in [1.165, 1.54) is 12.8 Å². The number of nitrogens with zero attached hydrogens (tertiary/aromatic N) is 2. The molecule has 1 fully saturated rings. The molecule has 2 atom stereocenters. The Morgan fingerprint density at radius 2 is 2.29 bits per heavy atom. The van der Waals surface area contributed by atoms with Gasteiger partial charge in [0.15, 0.2) is 0 Å². The highest BCUT2D eigenvalue weighted by Gasteiger charge is 2.18. The zero-order valence-electron chi connectivity index (χ0n) is 9.90. The van der Waals surface area contributed by atoms with Crippen molar-refractivity contribution in [2.45, 2.75) is 31.8 Å². The summed E-state index contributed by atoms with van der Waals surface area (Å²) in [5.74, 6) is 0.928. The van der Waals surface area contributed by atoms with Crippen LogP contribution in [0.1, 0.15) is 19.8 Å². The molecule has 90 valence electrons. The van der Waals surface area contributed by atoms with E-state index in [4.69, 9.17) is 0 Å². The lowest BCUT2D eigenvalue weighted by atomic mass is 10.0. The van der Waals surface area contributed by atoms with Gasteiger partial charge in [0.25, 0.3) is 0 Å². The van der Waals surface area contributed by atoms with E-state index in [0.29, 0.717) is 12.1 Å². The molecule has 0 bridgehead atoms. The Bertz CT molecular complexity index is 498. The van der Waals surface area contributed by atoms with Crippen LogP contribution in [0, 0.1) is 0 Å². The summed E-state index contributed by atoms with van der Waals surface area (Å²) in [4.78, 5) is 11.6. The van der Waals surface area contributed by atoms with Crippen LogP contribution in [0.2, 0.25) is 0 Å². The Balaban J connectivity index is 1.78. The number of rotatable bonds is 2. The molecular weight excluding hydrogens is 214 g/mol. The topological polar surface area (TPSA) is 65.6 Å². The van der Waals surface area contributed by atoms with E-state index in [1.807, 2.05) is 12.3 Å². The van der Waals surface area contributed by atoms with Gasteiger partial charge in [0.2, 0.25) is 0 Å². The molecule has 3 rings (SSSR count). The van der Waals surface area contributed by atoms with Gasteiger partial charge in [-0.15, -0.1) is 0 Å². The number of aromatic nitrogens is 3. The highest BCUT2D eigenvalue weighted by atomic mass is 15.1. The Morgan fingerprint density at radius 3 is 3.12 bits per heavy atom. The molecular formula is C12H17N5. The number of hydrogen-bond acceptors (Lipinski definition) is 4. The molecule has 0 aromatic carbocycles. The first-order valence-electron chi connectivity index (χ1n) is 6.11. The summed E-state index contributed by atoms with van der Waals surface area (Å²) in [5, 5.41) is 8.04. The van der Waals surface area contributed by atoms with Crippen LogP contribution >= 0.6 is 0 Å². The summed E-state index contributed by atoms with van der Waals surface area (Å²) in [6, 6.07) is 3.10. The van der Waals surface area contributed by atoms with Crippen LogP contribution in [0.4, 0.5) is 5.82 Å². The molecule has 0 amide bonds. The van der Waals surface area contributed by atoms with Crippen molar-refractivity contribution in [3.63, 3.8) is 0 Å². The maximum absolute atomic E-state index is 4.32. The highest BCUT2D eigenvalue weighted by Crippen LogP contribution is 2.20. The molecule has 5 nitrogen and oxygen atoms in total. The Kier molecular flexibility index (Phi) is 2.68. The average molecular weight is 231 g/mol. The standard InChI is InChI=1S/C12H17N5/c1-8-2-3-9(6-14-8)17-12-10-4-5-13-11(10)15-7-16-12/h4-5,7-9,14H,2-3,6H2,1H3,(H2,13,15,16,17). The largest absolute Gasteiger partial charge is 0.365 e. The predicted molar refractivity (Wildman–Crippen MR) is 68.0 cm³/mol. The van der Waals surface area contributed by atoms with Crippen molar-refractivity contribution in [2.75, 3.05) is 11.9 Å². The van der Waals surface area contributed by atoms with Gasteiger partial charge in [-0.25, -0.2) is 9.97 Å². The fourth-order valence-electron chi connectivity index (χ4n) is 2.30. The molecule has 2 aromatic heterocycles. The number of anilines is 1. The van der Waals surface area contributed by atoms with Gasteiger partial charge in [-0.05, 0) is 25.8 Å². The van der Waals surface area contributed by atoms with E-state index < -0.39 is 0 Å². The monoisotopic (exact) mass is 231 g/mol. The normalized spacial score (nSPS) is 25.0. The molecule has 0 saturated carbocycles. The minimum Gasteiger partial charge on any atom is -0.365 e. The van der Waals surface area contributed by atoms with Crippen LogP contribution < -0.4 is 10.6 Å². The smallest absolute Gasteiger partial charge is 0.142 e. The maximum Gasteiger partial charge on any atom is 0.142 e. The number of hydrogen-bond donors (Lipinski definition) is 3. The van der Waals surface area contributed by atoms with Crippen LogP contribution in [0.5, 0.6) is 0 Å². The molecule has 2 aromatic rings. The van der Waals surface area contributed by atoms with Gasteiger partial charge in [-0.3, -0.25) is 0 Å². The van der Waals surface area contributed by atoms with Crippen molar-refractivity contribution < 1.29 is 0 Å². The maximum atomic E-state index is 4.32. The second kappa shape index (κ2) is 4.33. The van der Waals surface area contributed by atoms with E-state index in [0.717, 1.165) is 23.4 Å². The number of aromatic amines is 1. The number of H-pyrrole nitrogens is 1. The van der Waals surface area contributed by atoms with Crippen LogP contribution in [-0.2, 0) is 0 Å². The molecule has 1 aliphatic heterocycles. The summed E-state index contributed by atoms with van der Waals surface area (Å²) in [5.41, 5.74) is 0.889. The van der Waals surface area contributed by atoms with Gasteiger partial charge in [-0.2, -0.15) is 0 Å². The van der Waals surface area contributed by atoms with Crippen LogP contribution in [0.15, 0.2) is 18.6 Å². The number of piperidine rings is 1. The molecule has 3 N–H and O–H groups in total. The third-order valence-corrected chi connectivity index (χ3v) is 3.36. The van der Waals surface area contributed by atoms with Crippen molar-refractivity contribution >= 4 is 16.9 Å². The average Bonchev–Trinajstić information content (AvgIpc) is 2.81. The first kappa shape index (κ1) is 10.5. The van der Waals surface area contributed by atoms with E-state index in [9.17, 15) is 0 Å². The minimum absolute atomic E-state index is 0.458. The van der Waals surface area contributed by atoms with Gasteiger partial charge in [0, 0.05) is 24.8 Å². The fraction of sp³-hybridized carbons (Fsp3) is 0.500. The van der Waals surface area contributed by atoms with Crippen molar-refractivity contribution in [3.8, 4) is 0 Å².